The molecule has 0 bridgehead atoms. The van der Waals surface area contributed by atoms with Gasteiger partial charge in [-0.1, -0.05) is 6.07 Å². The number of hydrogen-bond donors (Lipinski definition) is 1. The van der Waals surface area contributed by atoms with Crippen LogP contribution in [0.15, 0.2) is 23.1 Å². The van der Waals surface area contributed by atoms with Gasteiger partial charge in [-0.15, -0.1) is 0 Å². The van der Waals surface area contributed by atoms with Gasteiger partial charge in [0.25, 0.3) is 10.0 Å². The van der Waals surface area contributed by atoms with Gasteiger partial charge in [0.1, 0.15) is 18.3 Å². The molecule has 0 amide bonds. The van der Waals surface area contributed by atoms with Gasteiger partial charge >= 0.3 is 0 Å². The van der Waals surface area contributed by atoms with Gasteiger partial charge in [0.15, 0.2) is 0 Å². The quantitative estimate of drug-likeness (QED) is 0.830. The highest BCUT2D eigenvalue weighted by Gasteiger charge is 2.31. The van der Waals surface area contributed by atoms with Crippen LogP contribution in [0.3, 0.4) is 0 Å². The molecule has 0 aromatic heterocycles. The summed E-state index contributed by atoms with van der Waals surface area (Å²) in [4.78, 5) is 0.163. The van der Waals surface area contributed by atoms with E-state index in [0.717, 1.165) is 0 Å². The summed E-state index contributed by atoms with van der Waals surface area (Å²) < 4.78 is 25.7. The van der Waals surface area contributed by atoms with Crippen molar-refractivity contribution in [3.63, 3.8) is 0 Å². The van der Waals surface area contributed by atoms with Crippen molar-refractivity contribution in [2.24, 2.45) is 0 Å². The number of phenolic OH excluding ortho intramolecular Hbond substituents is 1. The van der Waals surface area contributed by atoms with E-state index < -0.39 is 10.0 Å². The Morgan fingerprint density at radius 1 is 1.31 bits per heavy atom. The summed E-state index contributed by atoms with van der Waals surface area (Å²) in [5.74, 6) is -0.0373. The highest BCUT2D eigenvalue weighted by Crippen LogP contribution is 2.24. The molecule has 0 heterocycles. The molecule has 1 aromatic carbocycles. The van der Waals surface area contributed by atoms with Crippen LogP contribution in [0.4, 0.5) is 0 Å². The number of sulfonamides is 1. The Bertz CT molecular complexity index is 483. The van der Waals surface area contributed by atoms with Crippen LogP contribution in [0.25, 0.3) is 0 Å². The molecule has 16 heavy (non-hydrogen) atoms. The Balaban J connectivity index is 3.32. The third-order valence-electron chi connectivity index (χ3n) is 2.30. The molecule has 1 N–H and O–H groups in total. The minimum absolute atomic E-state index is 0.0373. The lowest BCUT2D eigenvalue weighted by Crippen LogP contribution is -2.32. The van der Waals surface area contributed by atoms with Crippen molar-refractivity contribution in [2.75, 3.05) is 19.6 Å². The van der Waals surface area contributed by atoms with E-state index in [0.29, 0.717) is 5.56 Å². The molecule has 4 nitrogen and oxygen atoms in total. The van der Waals surface area contributed by atoms with E-state index in [-0.39, 0.29) is 21.7 Å². The molecule has 0 unspecified atom stereocenters. The van der Waals surface area contributed by atoms with Gasteiger partial charge in [-0.2, -0.15) is 0 Å². The molecular weight excluding hydrogens is 246 g/mol. The number of benzene rings is 1. The first kappa shape index (κ1) is 13.3. The third kappa shape index (κ3) is 2.50. The summed E-state index contributed by atoms with van der Waals surface area (Å²) in [6.45, 7) is 1.71. The van der Waals surface area contributed by atoms with Gasteiger partial charge in [0.2, 0.25) is 0 Å². The maximum absolute atomic E-state index is 12.2. The number of phenols is 1. The Morgan fingerprint density at radius 3 is 2.38 bits per heavy atom. The fraction of sp³-hybridized carbons (Fsp3) is 0.400. The second-order valence-electron chi connectivity index (χ2n) is 3.64. The maximum Gasteiger partial charge on any atom is 0.282 e. The monoisotopic (exact) mass is 262 g/mol. The lowest BCUT2D eigenvalue weighted by atomic mass is 10.2. The van der Waals surface area contributed by atoms with Crippen molar-refractivity contribution in [1.82, 2.24) is 3.71 Å². The molecule has 0 radical (unpaired) electrons. The molecule has 0 aliphatic carbocycles. The molecule has 0 spiro atoms. The van der Waals surface area contributed by atoms with Crippen molar-refractivity contribution >= 4 is 21.1 Å². The first-order chi connectivity index (χ1) is 7.26. The molecule has 0 saturated carbocycles. The van der Waals surface area contributed by atoms with Crippen LogP contribution >= 0.6 is 0 Å². The molecule has 90 valence electrons. The first-order valence-corrected chi connectivity index (χ1v) is 8.07. The van der Waals surface area contributed by atoms with E-state index in [1.165, 1.54) is 15.8 Å². The lowest BCUT2D eigenvalue weighted by Gasteiger charge is -2.14. The molecule has 0 atom stereocenters. The van der Waals surface area contributed by atoms with E-state index in [1.807, 2.05) is 12.5 Å². The van der Waals surface area contributed by atoms with E-state index in [4.69, 9.17) is 0 Å². The summed E-state index contributed by atoms with van der Waals surface area (Å²) in [5.41, 5.74) is 0.634. The SMILES string of the molecule is Cc1ccc(O)cc1S(=O)(=O)N(C)[S+](C)C. The zero-order chi connectivity index (χ0) is 12.5. The minimum Gasteiger partial charge on any atom is -0.508 e. The predicted octanol–water partition coefficient (Wildman–Crippen LogP) is 1.11. The summed E-state index contributed by atoms with van der Waals surface area (Å²) in [7, 11) is -1.96. The van der Waals surface area contributed by atoms with Crippen molar-refractivity contribution in [3.05, 3.63) is 23.8 Å². The Morgan fingerprint density at radius 2 is 1.88 bits per heavy atom. The average molecular weight is 262 g/mol. The van der Waals surface area contributed by atoms with Crippen LogP contribution in [-0.2, 0) is 21.1 Å². The number of hydrogen-bond acceptors (Lipinski definition) is 3. The van der Waals surface area contributed by atoms with Gasteiger partial charge in [-0.25, -0.2) is 8.42 Å². The van der Waals surface area contributed by atoms with Crippen molar-refractivity contribution in [1.29, 1.82) is 0 Å². The highest BCUT2D eigenvalue weighted by atomic mass is 32.3. The van der Waals surface area contributed by atoms with Gasteiger partial charge < -0.3 is 5.11 Å². The van der Waals surface area contributed by atoms with Crippen molar-refractivity contribution < 1.29 is 13.5 Å². The van der Waals surface area contributed by atoms with Crippen molar-refractivity contribution in [2.45, 2.75) is 11.8 Å². The van der Waals surface area contributed by atoms with Crippen LogP contribution in [0.5, 0.6) is 5.75 Å². The standard InChI is InChI=1S/C10H15NO3S2/c1-8-5-6-9(12)7-10(8)16(13,14)11(2)15(3)4/h5-7H,1-4H3/p+1. The normalized spacial score (nSPS) is 12.4. The van der Waals surface area contributed by atoms with Gasteiger partial charge in [-0.3, -0.25) is 0 Å². The van der Waals surface area contributed by atoms with Gasteiger partial charge in [0.05, 0.1) is 23.0 Å². The number of nitrogens with zero attached hydrogens (tertiary/aromatic N) is 1. The van der Waals surface area contributed by atoms with E-state index >= 15 is 0 Å². The second kappa shape index (κ2) is 4.65. The molecule has 6 heteroatoms. The van der Waals surface area contributed by atoms with Crippen LogP contribution in [0.1, 0.15) is 5.56 Å². The molecule has 1 rings (SSSR count). The lowest BCUT2D eigenvalue weighted by molar-refractivity contribution is 0.472. The molecule has 1 aromatic rings. The fourth-order valence-electron chi connectivity index (χ4n) is 1.20. The van der Waals surface area contributed by atoms with Crippen LogP contribution in [-0.4, -0.2) is 36.8 Å². The van der Waals surface area contributed by atoms with Gasteiger partial charge in [0, 0.05) is 6.07 Å². The van der Waals surface area contributed by atoms with E-state index in [1.54, 1.807) is 20.0 Å². The summed E-state index contributed by atoms with van der Waals surface area (Å²) in [5, 5.41) is 9.34. The molecule has 0 saturated heterocycles. The van der Waals surface area contributed by atoms with Gasteiger partial charge in [-0.05, 0) is 22.3 Å². The minimum atomic E-state index is -3.51. The Hall–Kier alpha value is -0.720. The fourth-order valence-corrected chi connectivity index (χ4v) is 4.03. The Kier molecular flexibility index (Phi) is 3.88. The van der Waals surface area contributed by atoms with Crippen molar-refractivity contribution in [3.8, 4) is 5.75 Å². The molecular formula is C10H16NO3S2+. The van der Waals surface area contributed by atoms with Crippen LogP contribution in [0.2, 0.25) is 0 Å². The predicted molar refractivity (Wildman–Crippen MR) is 67.0 cm³/mol. The number of aromatic hydroxyl groups is 1. The summed E-state index contributed by atoms with van der Waals surface area (Å²) in [6, 6.07) is 4.36. The van der Waals surface area contributed by atoms with E-state index in [2.05, 4.69) is 0 Å². The molecule has 0 fully saturated rings. The smallest absolute Gasteiger partial charge is 0.282 e. The zero-order valence-electron chi connectivity index (χ0n) is 9.76. The topological polar surface area (TPSA) is 57.6 Å². The maximum atomic E-state index is 12.2. The third-order valence-corrected chi connectivity index (χ3v) is 6.49. The largest absolute Gasteiger partial charge is 0.508 e. The summed E-state index contributed by atoms with van der Waals surface area (Å²) >= 11 is -0.381. The zero-order valence-corrected chi connectivity index (χ0v) is 11.4. The summed E-state index contributed by atoms with van der Waals surface area (Å²) in [6.07, 6.45) is 3.66. The first-order valence-electron chi connectivity index (χ1n) is 4.63. The molecule has 0 aliphatic heterocycles. The van der Waals surface area contributed by atoms with Crippen LogP contribution in [0, 0.1) is 6.92 Å². The molecule has 0 aliphatic rings. The highest BCUT2D eigenvalue weighted by molar-refractivity contribution is 8.06. The second-order valence-corrected chi connectivity index (χ2v) is 7.90. The number of rotatable bonds is 3. The Labute approximate surface area is 99.4 Å². The van der Waals surface area contributed by atoms with E-state index in [9.17, 15) is 13.5 Å². The number of aryl methyl sites for hydroxylation is 1. The average Bonchev–Trinajstić information content (AvgIpc) is 2.20. The van der Waals surface area contributed by atoms with Crippen LogP contribution < -0.4 is 0 Å².